The first kappa shape index (κ1) is 30.5. The van der Waals surface area contributed by atoms with Crippen LogP contribution in [0.3, 0.4) is 0 Å². The predicted octanol–water partition coefficient (Wildman–Crippen LogP) is 9.43. The molecule has 228 valence electrons. The second-order valence-corrected chi connectivity index (χ2v) is 13.2. The minimum Gasteiger partial charge on any atom is -0.192 e. The summed E-state index contributed by atoms with van der Waals surface area (Å²) >= 11 is 0. The van der Waals surface area contributed by atoms with Gasteiger partial charge in [0.2, 0.25) is 0 Å². The molecule has 1 saturated carbocycles. The summed E-state index contributed by atoms with van der Waals surface area (Å²) < 4.78 is 0. The van der Waals surface area contributed by atoms with Gasteiger partial charge in [-0.15, -0.1) is 0 Å². The molecular formula is C44H32N4. The maximum Gasteiger partial charge on any atom is 0.133 e. The highest BCUT2D eigenvalue weighted by Gasteiger charge is 2.71. The van der Waals surface area contributed by atoms with Gasteiger partial charge in [-0.1, -0.05) is 125 Å². The fraction of sp³-hybridized carbons (Fsp3) is 0.182. The molecule has 4 atom stereocenters. The van der Waals surface area contributed by atoms with Crippen molar-refractivity contribution in [3.8, 4) is 24.3 Å². The van der Waals surface area contributed by atoms with Crippen molar-refractivity contribution in [1.29, 1.82) is 21.0 Å². The summed E-state index contributed by atoms with van der Waals surface area (Å²) in [6.45, 7) is 8.22. The third kappa shape index (κ3) is 4.32. The Hall–Kier alpha value is -6.20. The molecular weight excluding hydrogens is 585 g/mol. The van der Waals surface area contributed by atoms with Crippen LogP contribution in [0.2, 0.25) is 0 Å². The SMILES string of the molecule is Cc1ccc(C2=CC(=C(C#N)C#N)C3C2C(=C(C#N)C#N)C2C(c4ccc(C)cc4)=C(c4ccc(C)cc4)C23c2ccc(C)cc2)cc1. The summed E-state index contributed by atoms with van der Waals surface area (Å²) in [7, 11) is 0. The third-order valence-electron chi connectivity index (χ3n) is 10.5. The van der Waals surface area contributed by atoms with Crippen molar-refractivity contribution in [2.75, 3.05) is 0 Å². The van der Waals surface area contributed by atoms with E-state index in [2.05, 4.69) is 130 Å². The third-order valence-corrected chi connectivity index (χ3v) is 10.5. The number of fused-ring (bicyclic) bond motifs is 3. The molecule has 7 rings (SSSR count). The Morgan fingerprint density at radius 1 is 0.542 bits per heavy atom. The minimum absolute atomic E-state index is 0.0566. The van der Waals surface area contributed by atoms with Crippen LogP contribution in [0.4, 0.5) is 0 Å². The Balaban J connectivity index is 1.68. The number of allylic oxidation sites excluding steroid dienone is 8. The Kier molecular flexibility index (Phi) is 7.33. The Morgan fingerprint density at radius 2 is 0.979 bits per heavy atom. The molecule has 4 aromatic rings. The van der Waals surface area contributed by atoms with Gasteiger partial charge in [-0.25, -0.2) is 0 Å². The highest BCUT2D eigenvalue weighted by atomic mass is 14.7. The van der Waals surface area contributed by atoms with Gasteiger partial charge in [-0.2, -0.15) is 21.0 Å². The number of benzene rings is 4. The van der Waals surface area contributed by atoms with Crippen LogP contribution in [0, 0.1) is 90.8 Å². The average Bonchev–Trinajstić information content (AvgIpc) is 3.58. The smallest absolute Gasteiger partial charge is 0.133 e. The van der Waals surface area contributed by atoms with Gasteiger partial charge in [0.15, 0.2) is 0 Å². The number of hydrogen-bond donors (Lipinski definition) is 0. The molecule has 4 heteroatoms. The lowest BCUT2D eigenvalue weighted by molar-refractivity contribution is 0.378. The fourth-order valence-electron chi connectivity index (χ4n) is 8.46. The van der Waals surface area contributed by atoms with Crippen LogP contribution < -0.4 is 0 Å². The zero-order valence-electron chi connectivity index (χ0n) is 27.3. The van der Waals surface area contributed by atoms with E-state index in [1.54, 1.807) is 0 Å². The number of aryl methyl sites for hydroxylation is 4. The lowest BCUT2D eigenvalue weighted by atomic mass is 9.47. The van der Waals surface area contributed by atoms with Crippen molar-refractivity contribution in [2.24, 2.45) is 17.8 Å². The summed E-state index contributed by atoms with van der Waals surface area (Å²) in [5.41, 5.74) is 12.4. The highest BCUT2D eigenvalue weighted by Crippen LogP contribution is 2.78. The second kappa shape index (κ2) is 11.6. The first-order valence-electron chi connectivity index (χ1n) is 16.1. The molecule has 4 unspecified atom stereocenters. The average molecular weight is 617 g/mol. The van der Waals surface area contributed by atoms with E-state index in [1.165, 1.54) is 0 Å². The van der Waals surface area contributed by atoms with Gasteiger partial charge in [-0.05, 0) is 77.8 Å². The van der Waals surface area contributed by atoms with Crippen LogP contribution in [0.5, 0.6) is 0 Å². The highest BCUT2D eigenvalue weighted by molar-refractivity contribution is 6.09. The molecule has 0 amide bonds. The largest absolute Gasteiger partial charge is 0.192 e. The first-order valence-corrected chi connectivity index (χ1v) is 16.1. The van der Waals surface area contributed by atoms with Crippen LogP contribution in [0.25, 0.3) is 16.7 Å². The van der Waals surface area contributed by atoms with Crippen LogP contribution in [-0.4, -0.2) is 0 Å². The molecule has 0 radical (unpaired) electrons. The summed E-state index contributed by atoms with van der Waals surface area (Å²) in [6, 6.07) is 42.7. The molecule has 0 aromatic heterocycles. The maximum absolute atomic E-state index is 10.6. The number of nitriles is 4. The molecule has 0 bridgehead atoms. The van der Waals surface area contributed by atoms with E-state index in [0.717, 1.165) is 66.8 Å². The minimum atomic E-state index is -0.778. The number of hydrogen-bond acceptors (Lipinski definition) is 4. The van der Waals surface area contributed by atoms with Gasteiger partial charge in [0.1, 0.15) is 35.4 Å². The van der Waals surface area contributed by atoms with E-state index in [1.807, 2.05) is 25.1 Å². The predicted molar refractivity (Wildman–Crippen MR) is 188 cm³/mol. The monoisotopic (exact) mass is 616 g/mol. The summed E-state index contributed by atoms with van der Waals surface area (Å²) in [4.78, 5) is 0. The van der Waals surface area contributed by atoms with Gasteiger partial charge in [0.05, 0.1) is 0 Å². The molecule has 3 aliphatic carbocycles. The second-order valence-electron chi connectivity index (χ2n) is 13.2. The summed E-state index contributed by atoms with van der Waals surface area (Å²) in [5.74, 6) is -1.18. The molecule has 1 fully saturated rings. The Morgan fingerprint density at radius 3 is 1.46 bits per heavy atom. The van der Waals surface area contributed by atoms with E-state index >= 15 is 0 Å². The zero-order chi connectivity index (χ0) is 33.7. The van der Waals surface area contributed by atoms with Crippen molar-refractivity contribution in [2.45, 2.75) is 33.1 Å². The van der Waals surface area contributed by atoms with Gasteiger partial charge < -0.3 is 0 Å². The van der Waals surface area contributed by atoms with Crippen LogP contribution in [0.15, 0.2) is 125 Å². The summed E-state index contributed by atoms with van der Waals surface area (Å²) in [5, 5.41) is 42.0. The van der Waals surface area contributed by atoms with E-state index in [4.69, 9.17) is 0 Å². The molecule has 48 heavy (non-hydrogen) atoms. The van der Waals surface area contributed by atoms with Crippen molar-refractivity contribution < 1.29 is 0 Å². The fourth-order valence-corrected chi connectivity index (χ4v) is 8.46. The lowest BCUT2D eigenvalue weighted by Gasteiger charge is -2.53. The molecule has 0 spiro atoms. The maximum atomic E-state index is 10.6. The number of nitrogens with zero attached hydrogens (tertiary/aromatic N) is 4. The van der Waals surface area contributed by atoms with E-state index in [0.29, 0.717) is 5.57 Å². The van der Waals surface area contributed by atoms with Crippen molar-refractivity contribution >= 4 is 16.7 Å². The van der Waals surface area contributed by atoms with E-state index in [9.17, 15) is 21.0 Å². The topological polar surface area (TPSA) is 95.2 Å². The molecule has 4 aromatic carbocycles. The molecule has 4 nitrogen and oxygen atoms in total. The van der Waals surface area contributed by atoms with Crippen LogP contribution >= 0.6 is 0 Å². The van der Waals surface area contributed by atoms with Crippen molar-refractivity contribution in [1.82, 2.24) is 0 Å². The quantitative estimate of drug-likeness (QED) is 0.213. The molecule has 3 aliphatic rings. The van der Waals surface area contributed by atoms with Gasteiger partial charge >= 0.3 is 0 Å². The Bertz CT molecular complexity index is 2250. The van der Waals surface area contributed by atoms with Crippen molar-refractivity contribution in [3.05, 3.63) is 170 Å². The van der Waals surface area contributed by atoms with E-state index in [-0.39, 0.29) is 17.1 Å². The first-order chi connectivity index (χ1) is 23.3. The van der Waals surface area contributed by atoms with E-state index < -0.39 is 17.3 Å². The molecule has 0 heterocycles. The Labute approximate surface area is 282 Å². The van der Waals surface area contributed by atoms with Crippen molar-refractivity contribution in [3.63, 3.8) is 0 Å². The zero-order valence-corrected chi connectivity index (χ0v) is 27.3. The summed E-state index contributed by atoms with van der Waals surface area (Å²) in [6.07, 6.45) is 2.00. The standard InChI is InChI=1S/C44H32N4/c1-26-5-13-30(14-6-26)36-21-37(33(22-45)23-46)42-40(36)38(34(24-47)25-48)43-39(31-15-7-27(2)8-16-31)41(32-17-9-28(3)10-18-32)44(42,43)35-19-11-29(4)12-20-35/h5-21,40,42-43H,1-4H3. The van der Waals surface area contributed by atoms with Gasteiger partial charge in [-0.3, -0.25) is 0 Å². The number of rotatable bonds is 4. The molecule has 0 N–H and O–H groups in total. The van der Waals surface area contributed by atoms with Crippen LogP contribution in [-0.2, 0) is 5.41 Å². The normalized spacial score (nSPS) is 21.9. The molecule has 0 aliphatic heterocycles. The lowest BCUT2D eigenvalue weighted by Crippen LogP contribution is -2.47. The van der Waals surface area contributed by atoms with Crippen LogP contribution in [0.1, 0.15) is 44.5 Å². The van der Waals surface area contributed by atoms with Gasteiger partial charge in [0.25, 0.3) is 0 Å². The van der Waals surface area contributed by atoms with Gasteiger partial charge in [0, 0.05) is 23.2 Å². The molecule has 0 saturated heterocycles.